The molecule has 0 radical (unpaired) electrons. The second-order valence-electron chi connectivity index (χ2n) is 5.86. The molecule has 1 fully saturated rings. The molecule has 0 bridgehead atoms. The summed E-state index contributed by atoms with van der Waals surface area (Å²) >= 11 is 0. The first-order valence-electron chi connectivity index (χ1n) is 7.89. The minimum atomic E-state index is -0.462. The van der Waals surface area contributed by atoms with Gasteiger partial charge in [-0.2, -0.15) is 5.10 Å². The van der Waals surface area contributed by atoms with Crippen LogP contribution in [0.3, 0.4) is 0 Å². The van der Waals surface area contributed by atoms with E-state index in [1.165, 1.54) is 10.7 Å². The van der Waals surface area contributed by atoms with Crippen molar-refractivity contribution in [3.63, 3.8) is 0 Å². The SMILES string of the molecule is Cl.NCC1CCN(C(=O)c2ccn(-c3ccccc3[N+](=O)[O-])n2)CC1. The van der Waals surface area contributed by atoms with Gasteiger partial charge in [0, 0.05) is 25.4 Å². The average molecular weight is 366 g/mol. The topological polar surface area (TPSA) is 107 Å². The molecular weight excluding hydrogens is 346 g/mol. The highest BCUT2D eigenvalue weighted by Gasteiger charge is 2.25. The minimum Gasteiger partial charge on any atom is -0.337 e. The molecule has 0 aliphatic carbocycles. The van der Waals surface area contributed by atoms with Gasteiger partial charge in [-0.05, 0) is 37.4 Å². The number of likely N-dealkylation sites (tertiary alicyclic amines) is 1. The number of aromatic nitrogens is 2. The van der Waals surface area contributed by atoms with E-state index in [4.69, 9.17) is 5.73 Å². The number of hydrogen-bond acceptors (Lipinski definition) is 5. The van der Waals surface area contributed by atoms with E-state index in [9.17, 15) is 14.9 Å². The van der Waals surface area contributed by atoms with E-state index in [0.717, 1.165) is 12.8 Å². The van der Waals surface area contributed by atoms with Crippen LogP contribution in [0.4, 0.5) is 5.69 Å². The Bertz CT molecular complexity index is 756. The third kappa shape index (κ3) is 3.97. The lowest BCUT2D eigenvalue weighted by atomic mass is 9.97. The van der Waals surface area contributed by atoms with Crippen molar-refractivity contribution in [1.29, 1.82) is 0 Å². The second-order valence-corrected chi connectivity index (χ2v) is 5.86. The van der Waals surface area contributed by atoms with Crippen LogP contribution in [0.1, 0.15) is 23.3 Å². The van der Waals surface area contributed by atoms with Crippen LogP contribution < -0.4 is 5.73 Å². The highest BCUT2D eigenvalue weighted by Crippen LogP contribution is 2.22. The predicted octanol–water partition coefficient (Wildman–Crippen LogP) is 2.01. The highest BCUT2D eigenvalue weighted by atomic mass is 35.5. The fourth-order valence-electron chi connectivity index (χ4n) is 2.92. The predicted molar refractivity (Wildman–Crippen MR) is 95.1 cm³/mol. The van der Waals surface area contributed by atoms with Crippen LogP contribution >= 0.6 is 12.4 Å². The number of halogens is 1. The van der Waals surface area contributed by atoms with Crippen LogP contribution in [0, 0.1) is 16.0 Å². The Morgan fingerprint density at radius 2 is 1.96 bits per heavy atom. The zero-order valence-electron chi connectivity index (χ0n) is 13.6. The van der Waals surface area contributed by atoms with Crippen LogP contribution in [0.2, 0.25) is 0 Å². The summed E-state index contributed by atoms with van der Waals surface area (Å²) in [7, 11) is 0. The van der Waals surface area contributed by atoms with Crippen molar-refractivity contribution in [1.82, 2.24) is 14.7 Å². The van der Waals surface area contributed by atoms with Gasteiger partial charge in [0.2, 0.25) is 0 Å². The fraction of sp³-hybridized carbons (Fsp3) is 0.375. The summed E-state index contributed by atoms with van der Waals surface area (Å²) in [6.07, 6.45) is 3.36. The Kier molecular flexibility index (Phi) is 6.11. The first-order chi connectivity index (χ1) is 11.6. The summed E-state index contributed by atoms with van der Waals surface area (Å²) in [5.74, 6) is 0.321. The molecule has 134 valence electrons. The third-order valence-corrected chi connectivity index (χ3v) is 4.37. The molecule has 8 nitrogen and oxygen atoms in total. The Labute approximate surface area is 151 Å². The molecule has 1 aromatic heterocycles. The normalized spacial score (nSPS) is 14.8. The quantitative estimate of drug-likeness (QED) is 0.658. The number of hydrogen-bond donors (Lipinski definition) is 1. The third-order valence-electron chi connectivity index (χ3n) is 4.37. The van der Waals surface area contributed by atoms with Crippen LogP contribution in [0.5, 0.6) is 0 Å². The maximum absolute atomic E-state index is 12.5. The molecule has 0 unspecified atom stereocenters. The van der Waals surface area contributed by atoms with Crippen LogP contribution in [0.15, 0.2) is 36.5 Å². The van der Waals surface area contributed by atoms with Gasteiger partial charge in [0.25, 0.3) is 11.6 Å². The highest BCUT2D eigenvalue weighted by molar-refractivity contribution is 5.92. The van der Waals surface area contributed by atoms with E-state index in [1.807, 2.05) is 0 Å². The van der Waals surface area contributed by atoms with Crippen molar-refractivity contribution in [3.05, 3.63) is 52.3 Å². The number of benzene rings is 1. The van der Waals surface area contributed by atoms with Crippen LogP contribution in [-0.2, 0) is 0 Å². The van der Waals surface area contributed by atoms with Gasteiger partial charge < -0.3 is 10.6 Å². The van der Waals surface area contributed by atoms with E-state index in [-0.39, 0.29) is 24.0 Å². The van der Waals surface area contributed by atoms with Crippen molar-refractivity contribution >= 4 is 24.0 Å². The second kappa shape index (κ2) is 8.09. The monoisotopic (exact) mass is 365 g/mol. The number of carbonyl (C=O) groups is 1. The van der Waals surface area contributed by atoms with E-state index in [1.54, 1.807) is 35.4 Å². The molecule has 0 saturated carbocycles. The average Bonchev–Trinajstić information content (AvgIpc) is 3.11. The smallest absolute Gasteiger partial charge is 0.294 e. The molecule has 1 aromatic carbocycles. The summed E-state index contributed by atoms with van der Waals surface area (Å²) in [4.78, 5) is 25.0. The van der Waals surface area contributed by atoms with Crippen LogP contribution in [0.25, 0.3) is 5.69 Å². The van der Waals surface area contributed by atoms with E-state index >= 15 is 0 Å². The van der Waals surface area contributed by atoms with E-state index in [0.29, 0.717) is 36.9 Å². The maximum atomic E-state index is 12.5. The fourth-order valence-corrected chi connectivity index (χ4v) is 2.92. The molecule has 9 heteroatoms. The lowest BCUT2D eigenvalue weighted by molar-refractivity contribution is -0.384. The Balaban J connectivity index is 0.00000225. The summed E-state index contributed by atoms with van der Waals surface area (Å²) in [6, 6.07) is 7.90. The number of para-hydroxylation sites is 2. The van der Waals surface area contributed by atoms with Gasteiger partial charge in [0.1, 0.15) is 5.69 Å². The molecule has 3 rings (SSSR count). The number of nitrogens with two attached hydrogens (primary N) is 1. The zero-order valence-corrected chi connectivity index (χ0v) is 14.4. The molecular formula is C16H20ClN5O3. The summed E-state index contributed by atoms with van der Waals surface area (Å²) in [5.41, 5.74) is 6.24. The first kappa shape index (κ1) is 18.9. The molecule has 1 amide bonds. The number of piperidine rings is 1. The van der Waals surface area contributed by atoms with Gasteiger partial charge in [-0.1, -0.05) is 12.1 Å². The van der Waals surface area contributed by atoms with Gasteiger partial charge in [0.15, 0.2) is 5.69 Å². The van der Waals surface area contributed by atoms with E-state index < -0.39 is 4.92 Å². The standard InChI is InChI=1S/C16H19N5O3.ClH/c17-11-12-5-8-19(9-6-12)16(22)13-7-10-20(18-13)14-3-1-2-4-15(14)21(23)24;/h1-4,7,10,12H,5-6,8-9,11,17H2;1H. The van der Waals surface area contributed by atoms with Gasteiger partial charge in [-0.25, -0.2) is 4.68 Å². The molecule has 1 aliphatic heterocycles. The number of nitrogens with zero attached hydrogens (tertiary/aromatic N) is 4. The zero-order chi connectivity index (χ0) is 17.1. The maximum Gasteiger partial charge on any atom is 0.294 e. The minimum absolute atomic E-state index is 0. The van der Waals surface area contributed by atoms with Crippen molar-refractivity contribution in [3.8, 4) is 5.69 Å². The Morgan fingerprint density at radius 1 is 1.28 bits per heavy atom. The first-order valence-corrected chi connectivity index (χ1v) is 7.89. The van der Waals surface area contributed by atoms with Crippen LogP contribution in [-0.4, -0.2) is 45.1 Å². The largest absolute Gasteiger partial charge is 0.337 e. The van der Waals surface area contributed by atoms with Crippen molar-refractivity contribution in [2.45, 2.75) is 12.8 Å². The number of nitro benzene ring substituents is 1. The lowest BCUT2D eigenvalue weighted by Gasteiger charge is -2.30. The molecule has 2 N–H and O–H groups in total. The molecule has 2 heterocycles. The lowest BCUT2D eigenvalue weighted by Crippen LogP contribution is -2.40. The summed E-state index contributed by atoms with van der Waals surface area (Å²) in [5, 5.41) is 15.4. The summed E-state index contributed by atoms with van der Waals surface area (Å²) < 4.78 is 1.37. The molecule has 0 spiro atoms. The van der Waals surface area contributed by atoms with Gasteiger partial charge in [-0.15, -0.1) is 12.4 Å². The number of amides is 1. The van der Waals surface area contributed by atoms with Gasteiger partial charge >= 0.3 is 0 Å². The Hall–Kier alpha value is -2.45. The van der Waals surface area contributed by atoms with Crippen molar-refractivity contribution < 1.29 is 9.72 Å². The molecule has 2 aromatic rings. The molecule has 0 atom stereocenters. The number of carbonyl (C=O) groups excluding carboxylic acids is 1. The molecule has 1 aliphatic rings. The van der Waals surface area contributed by atoms with Gasteiger partial charge in [-0.3, -0.25) is 14.9 Å². The van der Waals surface area contributed by atoms with Gasteiger partial charge in [0.05, 0.1) is 4.92 Å². The van der Waals surface area contributed by atoms with E-state index in [2.05, 4.69) is 5.10 Å². The summed E-state index contributed by atoms with van der Waals surface area (Å²) in [6.45, 7) is 1.98. The Morgan fingerprint density at radius 3 is 2.60 bits per heavy atom. The molecule has 1 saturated heterocycles. The van der Waals surface area contributed by atoms with Crippen molar-refractivity contribution in [2.75, 3.05) is 19.6 Å². The molecule has 25 heavy (non-hydrogen) atoms. The number of rotatable bonds is 4. The van der Waals surface area contributed by atoms with Crippen molar-refractivity contribution in [2.24, 2.45) is 11.7 Å². The number of nitro groups is 1.